The number of nitro groups is 1. The van der Waals surface area contributed by atoms with Gasteiger partial charge in [-0.3, -0.25) is 10.1 Å². The molecule has 3 N–H and O–H groups in total. The Balaban J connectivity index is 2.98. The number of alkyl carbamates (subject to hydrolysis) is 1. The number of hydrogen-bond donors (Lipinski definition) is 2. The highest BCUT2D eigenvalue weighted by molar-refractivity contribution is 7.80. The number of carbonyl (C=O) groups excluding carboxylic acids is 1. The van der Waals surface area contributed by atoms with Crippen molar-refractivity contribution < 1.29 is 27.6 Å². The molecule has 1 fully saturated rings. The third kappa shape index (κ3) is 6.32. The number of piperidine rings is 1. The highest BCUT2D eigenvalue weighted by Crippen LogP contribution is 2.34. The smallest absolute Gasteiger partial charge is 0.407 e. The molecule has 148 valence electrons. The second-order valence-corrected chi connectivity index (χ2v) is 7.22. The number of alkyl halides is 3. The molecule has 0 aromatic carbocycles. The highest BCUT2D eigenvalue weighted by atomic mass is 32.1. The first-order chi connectivity index (χ1) is 11.7. The van der Waals surface area contributed by atoms with Crippen molar-refractivity contribution in [1.82, 2.24) is 10.2 Å². The summed E-state index contributed by atoms with van der Waals surface area (Å²) in [7, 11) is 0. The SMILES string of the molecule is CC(C)(C)OC(=O)NC1C[C@@H](C(F)(F)F)CN(C(=S)C(=CN)[N+](=O)[O-])C1. The number of nitrogens with one attached hydrogen (secondary N) is 1. The minimum atomic E-state index is -4.55. The Hall–Kier alpha value is -2.11. The predicted molar refractivity (Wildman–Crippen MR) is 90.8 cm³/mol. The minimum Gasteiger partial charge on any atom is -0.444 e. The van der Waals surface area contributed by atoms with Crippen molar-refractivity contribution in [1.29, 1.82) is 0 Å². The van der Waals surface area contributed by atoms with E-state index in [1.807, 2.05) is 0 Å². The van der Waals surface area contributed by atoms with Gasteiger partial charge in [0.25, 0.3) is 0 Å². The number of halogens is 3. The quantitative estimate of drug-likeness (QED) is 0.324. The summed E-state index contributed by atoms with van der Waals surface area (Å²) in [5, 5.41) is 13.3. The van der Waals surface area contributed by atoms with Crippen molar-refractivity contribution >= 4 is 23.3 Å². The normalized spacial score (nSPS) is 21.9. The van der Waals surface area contributed by atoms with Crippen LogP contribution in [0.25, 0.3) is 0 Å². The van der Waals surface area contributed by atoms with Gasteiger partial charge in [0.1, 0.15) is 5.60 Å². The molecule has 2 atom stereocenters. The molecule has 1 amide bonds. The summed E-state index contributed by atoms with van der Waals surface area (Å²) in [5.41, 5.74) is 3.67. The molecule has 0 spiro atoms. The number of ether oxygens (including phenoxy) is 1. The maximum absolute atomic E-state index is 13.2. The van der Waals surface area contributed by atoms with Gasteiger partial charge in [-0.15, -0.1) is 0 Å². The van der Waals surface area contributed by atoms with Gasteiger partial charge < -0.3 is 20.7 Å². The van der Waals surface area contributed by atoms with Crippen LogP contribution < -0.4 is 11.1 Å². The number of nitrogens with two attached hydrogens (primary N) is 1. The zero-order valence-electron chi connectivity index (χ0n) is 14.5. The molecule has 1 rings (SSSR count). The second-order valence-electron chi connectivity index (χ2n) is 6.84. The Morgan fingerprint density at radius 3 is 2.38 bits per heavy atom. The summed E-state index contributed by atoms with van der Waals surface area (Å²) in [4.78, 5) is 22.5. The highest BCUT2D eigenvalue weighted by Gasteiger charge is 2.46. The van der Waals surface area contributed by atoms with Crippen LogP contribution in [0.2, 0.25) is 0 Å². The van der Waals surface area contributed by atoms with E-state index < -0.39 is 52.0 Å². The lowest BCUT2D eigenvalue weighted by atomic mass is 9.93. The van der Waals surface area contributed by atoms with Crippen LogP contribution in [0.15, 0.2) is 11.9 Å². The molecule has 0 saturated carbocycles. The maximum atomic E-state index is 13.2. The second kappa shape index (κ2) is 8.06. The summed E-state index contributed by atoms with van der Waals surface area (Å²) < 4.78 is 44.7. The van der Waals surface area contributed by atoms with Crippen molar-refractivity contribution in [3.63, 3.8) is 0 Å². The number of nitrogens with zero attached hydrogens (tertiary/aromatic N) is 2. The average Bonchev–Trinajstić information content (AvgIpc) is 2.43. The van der Waals surface area contributed by atoms with E-state index in [-0.39, 0.29) is 13.0 Å². The van der Waals surface area contributed by atoms with Crippen LogP contribution in [-0.4, -0.2) is 51.8 Å². The third-order valence-corrected chi connectivity index (χ3v) is 3.96. The fraction of sp³-hybridized carbons (Fsp3) is 0.714. The van der Waals surface area contributed by atoms with Crippen molar-refractivity contribution in [2.24, 2.45) is 11.7 Å². The van der Waals surface area contributed by atoms with Gasteiger partial charge in [0.05, 0.1) is 23.1 Å². The van der Waals surface area contributed by atoms with Crippen LogP contribution >= 0.6 is 12.2 Å². The van der Waals surface area contributed by atoms with Crippen LogP contribution in [0.3, 0.4) is 0 Å². The van der Waals surface area contributed by atoms with E-state index >= 15 is 0 Å². The van der Waals surface area contributed by atoms with Gasteiger partial charge in [0, 0.05) is 13.1 Å². The molecule has 0 aromatic heterocycles. The van der Waals surface area contributed by atoms with Crippen molar-refractivity contribution in [3.8, 4) is 0 Å². The molecule has 1 aliphatic rings. The molecule has 0 bridgehead atoms. The van der Waals surface area contributed by atoms with Crippen molar-refractivity contribution in [3.05, 3.63) is 22.0 Å². The Morgan fingerprint density at radius 1 is 1.38 bits per heavy atom. The van der Waals surface area contributed by atoms with Crippen molar-refractivity contribution in [2.75, 3.05) is 13.1 Å². The molecule has 12 heteroatoms. The molecular formula is C14H21F3N4O4S. The Bertz CT molecular complexity index is 604. The molecule has 1 aliphatic heterocycles. The molecule has 1 unspecified atom stereocenters. The van der Waals surface area contributed by atoms with Gasteiger partial charge in [-0.25, -0.2) is 4.79 Å². The van der Waals surface area contributed by atoms with Crippen LogP contribution in [-0.2, 0) is 4.74 Å². The van der Waals surface area contributed by atoms with E-state index in [1.165, 1.54) is 0 Å². The first-order valence-electron chi connectivity index (χ1n) is 7.66. The average molecular weight is 398 g/mol. The van der Waals surface area contributed by atoms with Gasteiger partial charge in [0.15, 0.2) is 4.99 Å². The lowest BCUT2D eigenvalue weighted by molar-refractivity contribution is -0.415. The summed E-state index contributed by atoms with van der Waals surface area (Å²) in [5.74, 6) is -1.82. The zero-order valence-corrected chi connectivity index (χ0v) is 15.3. The standard InChI is InChI=1S/C14H21F3N4O4S/c1-13(2,3)25-12(22)19-9-4-8(14(15,16)17)6-20(7-9)11(26)10(5-18)21(23)24/h5,8-9H,4,6-7,18H2,1-3H3,(H,19,22)/t8-,9?/m1/s1. The summed E-state index contributed by atoms with van der Waals surface area (Å²) in [6, 6.07) is -0.950. The molecule has 0 aliphatic carbocycles. The van der Waals surface area contributed by atoms with Gasteiger partial charge >= 0.3 is 18.0 Å². The summed E-state index contributed by atoms with van der Waals surface area (Å²) >= 11 is 4.93. The van der Waals surface area contributed by atoms with E-state index in [4.69, 9.17) is 22.7 Å². The number of hydrogen-bond acceptors (Lipinski definition) is 6. The first-order valence-corrected chi connectivity index (χ1v) is 8.07. The lowest BCUT2D eigenvalue weighted by Gasteiger charge is -2.39. The number of carbonyl (C=O) groups is 1. The fourth-order valence-corrected chi connectivity index (χ4v) is 2.74. The molecule has 1 saturated heterocycles. The van der Waals surface area contributed by atoms with Gasteiger partial charge in [-0.1, -0.05) is 12.2 Å². The summed E-state index contributed by atoms with van der Waals surface area (Å²) in [6.07, 6.45) is -5.18. The molecule has 26 heavy (non-hydrogen) atoms. The van der Waals surface area contributed by atoms with Gasteiger partial charge in [0.2, 0.25) is 0 Å². The molecule has 0 radical (unpaired) electrons. The largest absolute Gasteiger partial charge is 0.444 e. The van der Waals surface area contributed by atoms with E-state index in [9.17, 15) is 28.1 Å². The topological polar surface area (TPSA) is 111 Å². The van der Waals surface area contributed by atoms with Crippen LogP contribution in [0, 0.1) is 16.0 Å². The summed E-state index contributed by atoms with van der Waals surface area (Å²) in [6.45, 7) is 4.16. The Morgan fingerprint density at radius 2 is 1.96 bits per heavy atom. The zero-order chi connectivity index (χ0) is 20.3. The molecular weight excluding hydrogens is 377 g/mol. The van der Waals surface area contributed by atoms with Gasteiger partial charge in [-0.05, 0) is 27.2 Å². The number of amides is 1. The predicted octanol–water partition coefficient (Wildman–Crippen LogP) is 2.17. The van der Waals surface area contributed by atoms with E-state index in [0.29, 0.717) is 6.20 Å². The minimum absolute atomic E-state index is 0.129. The van der Waals surface area contributed by atoms with Crippen LogP contribution in [0.4, 0.5) is 18.0 Å². The van der Waals surface area contributed by atoms with Crippen molar-refractivity contribution in [2.45, 2.75) is 45.0 Å². The van der Waals surface area contributed by atoms with Crippen LogP contribution in [0.5, 0.6) is 0 Å². The number of likely N-dealkylation sites (tertiary alicyclic amines) is 1. The Labute approximate surface area is 153 Å². The number of thiocarbonyl (C=S) groups is 1. The van der Waals surface area contributed by atoms with E-state index in [0.717, 1.165) is 4.90 Å². The lowest BCUT2D eigenvalue weighted by Crippen LogP contribution is -2.56. The van der Waals surface area contributed by atoms with E-state index in [2.05, 4.69) is 5.32 Å². The first kappa shape index (κ1) is 21.9. The monoisotopic (exact) mass is 398 g/mol. The number of rotatable bonds is 3. The maximum Gasteiger partial charge on any atom is 0.407 e. The molecule has 0 aromatic rings. The fourth-order valence-electron chi connectivity index (χ4n) is 2.45. The van der Waals surface area contributed by atoms with E-state index in [1.54, 1.807) is 20.8 Å². The third-order valence-electron chi connectivity index (χ3n) is 3.50. The Kier molecular flexibility index (Phi) is 6.80. The molecule has 8 nitrogen and oxygen atoms in total. The van der Waals surface area contributed by atoms with Crippen LogP contribution in [0.1, 0.15) is 27.2 Å². The molecule has 1 heterocycles. The van der Waals surface area contributed by atoms with Gasteiger partial charge in [-0.2, -0.15) is 13.2 Å².